The van der Waals surface area contributed by atoms with Gasteiger partial charge in [0.25, 0.3) is 0 Å². The fourth-order valence-corrected chi connectivity index (χ4v) is 3.16. The smallest absolute Gasteiger partial charge is 0.225 e. The molecule has 1 heterocycles. The van der Waals surface area contributed by atoms with Crippen LogP contribution < -0.4 is 5.32 Å². The van der Waals surface area contributed by atoms with E-state index in [4.69, 9.17) is 4.98 Å². The van der Waals surface area contributed by atoms with E-state index in [-0.39, 0.29) is 11.3 Å². The fourth-order valence-electron chi connectivity index (χ4n) is 3.16. The van der Waals surface area contributed by atoms with Crippen LogP contribution in [0, 0.1) is 5.41 Å². The van der Waals surface area contributed by atoms with Gasteiger partial charge >= 0.3 is 0 Å². The van der Waals surface area contributed by atoms with E-state index in [9.17, 15) is 4.79 Å². The Morgan fingerprint density at radius 2 is 1.69 bits per heavy atom. The van der Waals surface area contributed by atoms with Gasteiger partial charge in [0.05, 0.1) is 17.6 Å². The summed E-state index contributed by atoms with van der Waals surface area (Å²) >= 11 is 0. The molecule has 0 bridgehead atoms. The standard InChI is InChI=1S/C22H35N3O/c1-5-6-7-8-9-10-13-16-25-19-15-12-11-14-18(19)24-20(25)17-23-21(26)22(2,3)4/h11-12,14-15H,5-10,13,16-17H2,1-4H3,(H,23,26). The predicted molar refractivity (Wildman–Crippen MR) is 109 cm³/mol. The highest BCUT2D eigenvalue weighted by Gasteiger charge is 2.21. The van der Waals surface area contributed by atoms with Crippen molar-refractivity contribution in [2.75, 3.05) is 0 Å². The molecule has 0 radical (unpaired) electrons. The van der Waals surface area contributed by atoms with Crippen LogP contribution in [0.1, 0.15) is 78.5 Å². The number of hydrogen-bond donors (Lipinski definition) is 1. The number of amides is 1. The Labute approximate surface area is 158 Å². The zero-order chi connectivity index (χ0) is 19.0. The first-order valence-electron chi connectivity index (χ1n) is 10.2. The maximum atomic E-state index is 12.2. The van der Waals surface area contributed by atoms with Crippen LogP contribution in [0.25, 0.3) is 11.0 Å². The molecule has 1 aromatic heterocycles. The Morgan fingerprint density at radius 3 is 2.38 bits per heavy atom. The van der Waals surface area contributed by atoms with Gasteiger partial charge in [-0.25, -0.2) is 4.98 Å². The third-order valence-electron chi connectivity index (χ3n) is 4.81. The lowest BCUT2D eigenvalue weighted by Gasteiger charge is -2.18. The molecule has 0 saturated carbocycles. The van der Waals surface area contributed by atoms with Crippen LogP contribution in [0.5, 0.6) is 0 Å². The largest absolute Gasteiger partial charge is 0.348 e. The number of para-hydroxylation sites is 2. The van der Waals surface area contributed by atoms with Gasteiger partial charge in [-0.2, -0.15) is 0 Å². The van der Waals surface area contributed by atoms with Gasteiger partial charge in [-0.05, 0) is 18.6 Å². The summed E-state index contributed by atoms with van der Waals surface area (Å²) in [7, 11) is 0. The lowest BCUT2D eigenvalue weighted by atomic mass is 9.96. The van der Waals surface area contributed by atoms with Crippen molar-refractivity contribution in [2.45, 2.75) is 85.7 Å². The number of benzene rings is 1. The molecule has 2 rings (SSSR count). The monoisotopic (exact) mass is 357 g/mol. The van der Waals surface area contributed by atoms with Crippen molar-refractivity contribution in [1.82, 2.24) is 14.9 Å². The second-order valence-electron chi connectivity index (χ2n) is 8.22. The van der Waals surface area contributed by atoms with Gasteiger partial charge in [-0.15, -0.1) is 0 Å². The van der Waals surface area contributed by atoms with Crippen LogP contribution in [-0.4, -0.2) is 15.5 Å². The molecule has 1 aromatic carbocycles. The van der Waals surface area contributed by atoms with Crippen molar-refractivity contribution >= 4 is 16.9 Å². The molecule has 4 heteroatoms. The van der Waals surface area contributed by atoms with Gasteiger partial charge in [-0.3, -0.25) is 4.79 Å². The lowest BCUT2D eigenvalue weighted by molar-refractivity contribution is -0.128. The molecular formula is C22H35N3O. The minimum Gasteiger partial charge on any atom is -0.348 e. The Morgan fingerprint density at radius 1 is 1.04 bits per heavy atom. The quantitative estimate of drug-likeness (QED) is 0.575. The van der Waals surface area contributed by atoms with E-state index in [2.05, 4.69) is 28.9 Å². The van der Waals surface area contributed by atoms with Gasteiger partial charge < -0.3 is 9.88 Å². The molecular weight excluding hydrogens is 322 g/mol. The molecule has 1 amide bonds. The Balaban J connectivity index is 1.98. The highest BCUT2D eigenvalue weighted by atomic mass is 16.2. The first kappa shape index (κ1) is 20.5. The summed E-state index contributed by atoms with van der Waals surface area (Å²) in [6.45, 7) is 9.51. The minimum atomic E-state index is -0.380. The number of aromatic nitrogens is 2. The summed E-state index contributed by atoms with van der Waals surface area (Å²) in [6, 6.07) is 8.25. The molecule has 0 aliphatic rings. The number of nitrogens with zero attached hydrogens (tertiary/aromatic N) is 2. The molecule has 26 heavy (non-hydrogen) atoms. The van der Waals surface area contributed by atoms with E-state index < -0.39 is 0 Å². The number of fused-ring (bicyclic) bond motifs is 1. The predicted octanol–water partition coefficient (Wildman–Crippen LogP) is 5.45. The van der Waals surface area contributed by atoms with Gasteiger partial charge in [0.15, 0.2) is 0 Å². The van der Waals surface area contributed by atoms with Crippen LogP contribution in [0.3, 0.4) is 0 Å². The van der Waals surface area contributed by atoms with Crippen LogP contribution in [0.4, 0.5) is 0 Å². The number of hydrogen-bond acceptors (Lipinski definition) is 2. The van der Waals surface area contributed by atoms with E-state index in [0.717, 1.165) is 24.3 Å². The summed E-state index contributed by atoms with van der Waals surface area (Å²) in [4.78, 5) is 17.0. The summed E-state index contributed by atoms with van der Waals surface area (Å²) in [5, 5.41) is 3.04. The lowest BCUT2D eigenvalue weighted by Crippen LogP contribution is -2.35. The van der Waals surface area contributed by atoms with Crippen molar-refractivity contribution < 1.29 is 4.79 Å². The molecule has 0 aliphatic heterocycles. The van der Waals surface area contributed by atoms with Crippen molar-refractivity contribution in [3.8, 4) is 0 Å². The third kappa shape index (κ3) is 5.86. The maximum absolute atomic E-state index is 12.2. The second kappa shape index (κ2) is 9.75. The number of nitrogens with one attached hydrogen (secondary N) is 1. The third-order valence-corrected chi connectivity index (χ3v) is 4.81. The highest BCUT2D eigenvalue weighted by Crippen LogP contribution is 2.19. The molecule has 2 aromatic rings. The zero-order valence-electron chi connectivity index (χ0n) is 17.0. The first-order chi connectivity index (χ1) is 12.4. The van der Waals surface area contributed by atoms with Gasteiger partial charge in [0.1, 0.15) is 5.82 Å². The van der Waals surface area contributed by atoms with Crippen molar-refractivity contribution in [2.24, 2.45) is 5.41 Å². The van der Waals surface area contributed by atoms with Gasteiger partial charge in [0.2, 0.25) is 5.91 Å². The maximum Gasteiger partial charge on any atom is 0.225 e. The first-order valence-corrected chi connectivity index (χ1v) is 10.2. The van der Waals surface area contributed by atoms with E-state index in [1.807, 2.05) is 32.9 Å². The van der Waals surface area contributed by atoms with Crippen molar-refractivity contribution in [3.05, 3.63) is 30.1 Å². The van der Waals surface area contributed by atoms with Crippen LogP contribution in [0.2, 0.25) is 0 Å². The van der Waals surface area contributed by atoms with E-state index in [0.29, 0.717) is 6.54 Å². The highest BCUT2D eigenvalue weighted by molar-refractivity contribution is 5.81. The van der Waals surface area contributed by atoms with Crippen molar-refractivity contribution in [3.63, 3.8) is 0 Å². The van der Waals surface area contributed by atoms with Crippen LogP contribution >= 0.6 is 0 Å². The number of imidazole rings is 1. The number of aryl methyl sites for hydroxylation is 1. The molecule has 0 fully saturated rings. The second-order valence-corrected chi connectivity index (χ2v) is 8.22. The fraction of sp³-hybridized carbons (Fsp3) is 0.636. The average molecular weight is 358 g/mol. The van der Waals surface area contributed by atoms with Crippen molar-refractivity contribution in [1.29, 1.82) is 0 Å². The minimum absolute atomic E-state index is 0.0621. The average Bonchev–Trinajstić information content (AvgIpc) is 2.95. The number of rotatable bonds is 10. The van der Waals surface area contributed by atoms with E-state index in [1.54, 1.807) is 0 Å². The van der Waals surface area contributed by atoms with Crippen LogP contribution in [-0.2, 0) is 17.9 Å². The van der Waals surface area contributed by atoms with Gasteiger partial charge in [0, 0.05) is 12.0 Å². The molecule has 1 N–H and O–H groups in total. The topological polar surface area (TPSA) is 46.9 Å². The normalized spacial score (nSPS) is 11.8. The van der Waals surface area contributed by atoms with Gasteiger partial charge in [-0.1, -0.05) is 78.4 Å². The summed E-state index contributed by atoms with van der Waals surface area (Å²) in [5.74, 6) is 1.02. The molecule has 4 nitrogen and oxygen atoms in total. The molecule has 0 aliphatic carbocycles. The molecule has 0 spiro atoms. The number of unbranched alkanes of at least 4 members (excludes halogenated alkanes) is 6. The van der Waals surface area contributed by atoms with E-state index >= 15 is 0 Å². The van der Waals surface area contributed by atoms with Crippen LogP contribution in [0.15, 0.2) is 24.3 Å². The summed E-state index contributed by atoms with van der Waals surface area (Å²) in [5.41, 5.74) is 1.80. The number of carbonyl (C=O) groups is 1. The zero-order valence-corrected chi connectivity index (χ0v) is 17.0. The molecule has 0 unspecified atom stereocenters. The molecule has 144 valence electrons. The number of carbonyl (C=O) groups excluding carboxylic acids is 1. The Hall–Kier alpha value is -1.84. The summed E-state index contributed by atoms with van der Waals surface area (Å²) < 4.78 is 2.28. The SMILES string of the molecule is CCCCCCCCCn1c(CNC(=O)C(C)(C)C)nc2ccccc21. The summed E-state index contributed by atoms with van der Waals surface area (Å²) in [6.07, 6.45) is 9.06. The Kier molecular flexibility index (Phi) is 7.67. The Bertz CT molecular complexity index is 697. The molecule has 0 atom stereocenters. The van der Waals surface area contributed by atoms with E-state index in [1.165, 1.54) is 44.0 Å². The molecule has 0 saturated heterocycles.